The lowest BCUT2D eigenvalue weighted by Gasteiger charge is -2.24. The average molecular weight is 329 g/mol. The summed E-state index contributed by atoms with van der Waals surface area (Å²) >= 11 is 0. The molecular formula is C17H16FN3O3. The lowest BCUT2D eigenvalue weighted by atomic mass is 9.96. The number of carbonyl (C=O) groups is 2. The number of pyridine rings is 1. The fraction of sp³-hybridized carbons (Fsp3) is 0.235. The van der Waals surface area contributed by atoms with Crippen LogP contribution in [0.4, 0.5) is 10.1 Å². The number of hydrogen-bond donors (Lipinski definition) is 2. The van der Waals surface area contributed by atoms with Gasteiger partial charge in [0, 0.05) is 6.20 Å². The summed E-state index contributed by atoms with van der Waals surface area (Å²) in [6.45, 7) is 0.0505. The number of hydrogen-bond acceptors (Lipinski definition) is 4. The maximum absolute atomic E-state index is 13.3. The zero-order chi connectivity index (χ0) is 16.9. The number of halogens is 1. The molecule has 1 aliphatic heterocycles. The first kappa shape index (κ1) is 15.9. The van der Waals surface area contributed by atoms with E-state index in [1.165, 1.54) is 18.3 Å². The maximum Gasteiger partial charge on any atom is 0.243 e. The topological polar surface area (TPSA) is 80.3 Å². The van der Waals surface area contributed by atoms with Crippen LogP contribution in [0.25, 0.3) is 0 Å². The summed E-state index contributed by atoms with van der Waals surface area (Å²) in [5, 5.41) is 5.20. The molecule has 124 valence electrons. The van der Waals surface area contributed by atoms with Crippen molar-refractivity contribution in [3.8, 4) is 5.75 Å². The van der Waals surface area contributed by atoms with Gasteiger partial charge < -0.3 is 15.4 Å². The quantitative estimate of drug-likeness (QED) is 0.891. The number of nitrogens with zero attached hydrogens (tertiary/aromatic N) is 1. The zero-order valence-corrected chi connectivity index (χ0v) is 12.8. The highest BCUT2D eigenvalue weighted by molar-refractivity contribution is 5.94. The molecule has 6 nitrogen and oxygen atoms in total. The number of anilines is 1. The normalized spacial score (nSPS) is 15.8. The smallest absolute Gasteiger partial charge is 0.243 e. The molecule has 0 saturated heterocycles. The first-order valence-electron chi connectivity index (χ1n) is 7.50. The summed E-state index contributed by atoms with van der Waals surface area (Å²) in [7, 11) is 0. The van der Waals surface area contributed by atoms with Crippen LogP contribution in [-0.2, 0) is 16.0 Å². The van der Waals surface area contributed by atoms with E-state index in [9.17, 15) is 14.0 Å². The zero-order valence-electron chi connectivity index (χ0n) is 12.8. The van der Waals surface area contributed by atoms with Gasteiger partial charge in [-0.25, -0.2) is 4.39 Å². The van der Waals surface area contributed by atoms with Crippen LogP contribution in [0.3, 0.4) is 0 Å². The highest BCUT2D eigenvalue weighted by Crippen LogP contribution is 2.27. The molecule has 2 N–H and O–H groups in total. The molecule has 2 amide bonds. The van der Waals surface area contributed by atoms with E-state index >= 15 is 0 Å². The van der Waals surface area contributed by atoms with Gasteiger partial charge in [-0.1, -0.05) is 0 Å². The molecular weight excluding hydrogens is 313 g/mol. The van der Waals surface area contributed by atoms with Crippen LogP contribution in [-0.4, -0.2) is 29.9 Å². The van der Waals surface area contributed by atoms with Gasteiger partial charge in [-0.05, 0) is 42.3 Å². The van der Waals surface area contributed by atoms with Gasteiger partial charge in [0.25, 0.3) is 0 Å². The summed E-state index contributed by atoms with van der Waals surface area (Å²) < 4.78 is 18.7. The molecule has 3 rings (SSSR count). The van der Waals surface area contributed by atoms with Gasteiger partial charge in [-0.3, -0.25) is 14.6 Å². The molecule has 2 aromatic rings. The van der Waals surface area contributed by atoms with Crippen LogP contribution in [0.5, 0.6) is 5.75 Å². The molecule has 24 heavy (non-hydrogen) atoms. The van der Waals surface area contributed by atoms with E-state index in [2.05, 4.69) is 15.6 Å². The molecule has 0 radical (unpaired) electrons. The van der Waals surface area contributed by atoms with Crippen LogP contribution in [0.15, 0.2) is 42.7 Å². The predicted molar refractivity (Wildman–Crippen MR) is 85.0 cm³/mol. The third-order valence-corrected chi connectivity index (χ3v) is 3.67. The third-order valence-electron chi connectivity index (χ3n) is 3.67. The van der Waals surface area contributed by atoms with Crippen molar-refractivity contribution in [1.82, 2.24) is 10.3 Å². The molecule has 2 heterocycles. The number of fused-ring (bicyclic) bond motifs is 1. The molecule has 0 bridgehead atoms. The van der Waals surface area contributed by atoms with Gasteiger partial charge in [0.2, 0.25) is 11.8 Å². The standard InChI is InChI=1S/C17H16FN3O3/c18-13-3-4-15-11(7-13)6-12(10-24-15)17(23)20-9-16(22)21-14-2-1-5-19-8-14/h1-5,7-8,12H,6,9-10H2,(H,20,23)(H,21,22). The highest BCUT2D eigenvalue weighted by atomic mass is 19.1. The predicted octanol–water partition coefficient (Wildman–Crippen LogP) is 1.53. The summed E-state index contributed by atoms with van der Waals surface area (Å²) in [6, 6.07) is 7.64. The number of amides is 2. The van der Waals surface area contributed by atoms with Gasteiger partial charge in [0.05, 0.1) is 24.3 Å². The Kier molecular flexibility index (Phi) is 4.69. The number of ether oxygens (including phenoxy) is 1. The summed E-state index contributed by atoms with van der Waals surface area (Å²) in [5.41, 5.74) is 1.21. The molecule has 1 atom stereocenters. The summed E-state index contributed by atoms with van der Waals surface area (Å²) in [6.07, 6.45) is 3.49. The second-order valence-electron chi connectivity index (χ2n) is 5.47. The molecule has 1 aliphatic rings. The second-order valence-corrected chi connectivity index (χ2v) is 5.47. The molecule has 0 spiro atoms. The fourth-order valence-electron chi connectivity index (χ4n) is 2.49. The molecule has 1 unspecified atom stereocenters. The van der Waals surface area contributed by atoms with Gasteiger partial charge in [-0.2, -0.15) is 0 Å². The van der Waals surface area contributed by atoms with Crippen LogP contribution in [0.2, 0.25) is 0 Å². The van der Waals surface area contributed by atoms with Crippen molar-refractivity contribution in [1.29, 1.82) is 0 Å². The largest absolute Gasteiger partial charge is 0.492 e. The first-order valence-corrected chi connectivity index (χ1v) is 7.50. The minimum Gasteiger partial charge on any atom is -0.492 e. The highest BCUT2D eigenvalue weighted by Gasteiger charge is 2.26. The Bertz CT molecular complexity index is 752. The summed E-state index contributed by atoms with van der Waals surface area (Å²) in [4.78, 5) is 27.9. The van der Waals surface area contributed by atoms with Crippen LogP contribution < -0.4 is 15.4 Å². The van der Waals surface area contributed by atoms with Gasteiger partial charge in [-0.15, -0.1) is 0 Å². The molecule has 0 aliphatic carbocycles. The SMILES string of the molecule is O=C(CNC(=O)C1COc2ccc(F)cc2C1)Nc1cccnc1. The Morgan fingerprint density at radius 2 is 2.21 bits per heavy atom. The van der Waals surface area contributed by atoms with Crippen molar-refractivity contribution in [2.24, 2.45) is 5.92 Å². The van der Waals surface area contributed by atoms with Crippen molar-refractivity contribution >= 4 is 17.5 Å². The Labute approximate surface area is 138 Å². The van der Waals surface area contributed by atoms with Gasteiger partial charge >= 0.3 is 0 Å². The minimum absolute atomic E-state index is 0.153. The fourth-order valence-corrected chi connectivity index (χ4v) is 2.49. The van der Waals surface area contributed by atoms with Crippen molar-refractivity contribution in [3.63, 3.8) is 0 Å². The van der Waals surface area contributed by atoms with E-state index in [-0.39, 0.29) is 30.8 Å². The van der Waals surface area contributed by atoms with E-state index in [0.717, 1.165) is 0 Å². The minimum atomic E-state index is -0.453. The second kappa shape index (κ2) is 7.08. The average Bonchev–Trinajstić information content (AvgIpc) is 2.60. The number of aromatic nitrogens is 1. The van der Waals surface area contributed by atoms with E-state index in [1.807, 2.05) is 0 Å². The lowest BCUT2D eigenvalue weighted by molar-refractivity contribution is -0.128. The maximum atomic E-state index is 13.3. The molecule has 1 aromatic heterocycles. The Morgan fingerprint density at radius 1 is 1.33 bits per heavy atom. The Morgan fingerprint density at radius 3 is 3.00 bits per heavy atom. The van der Waals surface area contributed by atoms with E-state index in [1.54, 1.807) is 24.4 Å². The number of carbonyl (C=O) groups excluding carboxylic acids is 2. The number of rotatable bonds is 4. The monoisotopic (exact) mass is 329 g/mol. The first-order chi connectivity index (χ1) is 11.6. The van der Waals surface area contributed by atoms with E-state index in [4.69, 9.17) is 4.74 Å². The van der Waals surface area contributed by atoms with Crippen molar-refractivity contribution in [2.45, 2.75) is 6.42 Å². The molecule has 0 fully saturated rings. The van der Waals surface area contributed by atoms with E-state index < -0.39 is 5.92 Å². The van der Waals surface area contributed by atoms with Crippen LogP contribution in [0, 0.1) is 11.7 Å². The van der Waals surface area contributed by atoms with Crippen LogP contribution in [0.1, 0.15) is 5.56 Å². The van der Waals surface area contributed by atoms with Crippen LogP contribution >= 0.6 is 0 Å². The Hall–Kier alpha value is -2.96. The van der Waals surface area contributed by atoms with Crippen molar-refractivity contribution < 1.29 is 18.7 Å². The third kappa shape index (κ3) is 3.87. The van der Waals surface area contributed by atoms with E-state index in [0.29, 0.717) is 23.4 Å². The molecule has 1 aromatic carbocycles. The Balaban J connectivity index is 1.51. The lowest BCUT2D eigenvalue weighted by Crippen LogP contribution is -2.40. The van der Waals surface area contributed by atoms with Gasteiger partial charge in [0.15, 0.2) is 0 Å². The molecule has 7 heteroatoms. The van der Waals surface area contributed by atoms with Crippen molar-refractivity contribution in [3.05, 3.63) is 54.1 Å². The molecule has 0 saturated carbocycles. The van der Waals surface area contributed by atoms with Gasteiger partial charge in [0.1, 0.15) is 18.2 Å². The number of benzene rings is 1. The number of nitrogens with one attached hydrogen (secondary N) is 2. The summed E-state index contributed by atoms with van der Waals surface area (Å²) in [5.74, 6) is -0.875. The van der Waals surface area contributed by atoms with Crippen molar-refractivity contribution in [2.75, 3.05) is 18.5 Å².